The topological polar surface area (TPSA) is 39.2 Å². The van der Waals surface area contributed by atoms with Crippen LogP contribution >= 0.6 is 0 Å². The molecule has 0 atom stereocenters. The molecule has 0 unspecified atom stereocenters. The van der Waals surface area contributed by atoms with Crippen LogP contribution in [0, 0.1) is 5.82 Å². The lowest BCUT2D eigenvalue weighted by Crippen LogP contribution is -2.47. The number of carbonyl (C=O) groups excluding carboxylic acids is 1. The highest BCUT2D eigenvalue weighted by Crippen LogP contribution is 2.37. The van der Waals surface area contributed by atoms with Gasteiger partial charge in [-0.3, -0.25) is 9.78 Å². The fourth-order valence-corrected chi connectivity index (χ4v) is 1.82. The normalized spacial score (nSPS) is 18.3. The summed E-state index contributed by atoms with van der Waals surface area (Å²) in [4.78, 5) is 15.7. The van der Waals surface area contributed by atoms with Crippen LogP contribution in [0.25, 0.3) is 0 Å². The van der Waals surface area contributed by atoms with E-state index in [-0.39, 0.29) is 11.3 Å². The maximum atomic E-state index is 12.9. The predicted molar refractivity (Wildman–Crippen MR) is 52.1 cm³/mol. The van der Waals surface area contributed by atoms with Gasteiger partial charge in [0.1, 0.15) is 11.4 Å². The van der Waals surface area contributed by atoms with Crippen LogP contribution in [0.1, 0.15) is 29.6 Å². The zero-order chi connectivity index (χ0) is 10.9. The van der Waals surface area contributed by atoms with Crippen LogP contribution in [0.2, 0.25) is 0 Å². The summed E-state index contributed by atoms with van der Waals surface area (Å²) >= 11 is 0. The number of halogens is 1. The average Bonchev–Trinajstić information content (AvgIpc) is 2.17. The number of rotatable bonds is 3. The molecule has 1 saturated carbocycles. The van der Waals surface area contributed by atoms with Crippen molar-refractivity contribution < 1.29 is 13.9 Å². The summed E-state index contributed by atoms with van der Waals surface area (Å²) in [5.41, 5.74) is -0.438. The first-order valence-electron chi connectivity index (χ1n) is 4.88. The van der Waals surface area contributed by atoms with Gasteiger partial charge in [-0.2, -0.15) is 0 Å². The molecular weight excluding hydrogens is 197 g/mol. The summed E-state index contributed by atoms with van der Waals surface area (Å²) in [5, 5.41) is 0. The van der Waals surface area contributed by atoms with E-state index in [4.69, 9.17) is 4.74 Å². The van der Waals surface area contributed by atoms with Crippen molar-refractivity contribution in [2.45, 2.75) is 24.9 Å². The molecule has 3 nitrogen and oxygen atoms in total. The summed E-state index contributed by atoms with van der Waals surface area (Å²) < 4.78 is 18.1. The molecule has 0 aliphatic heterocycles. The molecule has 0 spiro atoms. The fourth-order valence-electron chi connectivity index (χ4n) is 1.82. The molecule has 4 heteroatoms. The SMILES string of the molecule is COC1(C(=O)c2cncc(F)c2)CCC1. The first-order valence-corrected chi connectivity index (χ1v) is 4.88. The minimum atomic E-state index is -0.727. The third kappa shape index (κ3) is 1.65. The Kier molecular flexibility index (Phi) is 2.52. The molecule has 0 bridgehead atoms. The Morgan fingerprint density at radius 2 is 2.27 bits per heavy atom. The molecule has 0 N–H and O–H groups in total. The second-order valence-corrected chi connectivity index (χ2v) is 3.77. The standard InChI is InChI=1S/C11H12FNO2/c1-15-11(3-2-4-11)10(14)8-5-9(12)7-13-6-8/h5-7H,2-4H2,1H3. The summed E-state index contributed by atoms with van der Waals surface area (Å²) in [5.74, 6) is -0.658. The zero-order valence-corrected chi connectivity index (χ0v) is 8.50. The molecule has 1 fully saturated rings. The van der Waals surface area contributed by atoms with Gasteiger partial charge < -0.3 is 4.74 Å². The van der Waals surface area contributed by atoms with Gasteiger partial charge in [-0.1, -0.05) is 0 Å². The van der Waals surface area contributed by atoms with Crippen molar-refractivity contribution in [3.63, 3.8) is 0 Å². The number of hydrogen-bond acceptors (Lipinski definition) is 3. The Morgan fingerprint density at radius 3 is 2.73 bits per heavy atom. The van der Waals surface area contributed by atoms with Gasteiger partial charge in [-0.15, -0.1) is 0 Å². The second kappa shape index (κ2) is 3.70. The van der Waals surface area contributed by atoms with E-state index in [1.54, 1.807) is 0 Å². The summed E-state index contributed by atoms with van der Waals surface area (Å²) in [6.07, 6.45) is 4.85. The Morgan fingerprint density at radius 1 is 1.53 bits per heavy atom. The Bertz CT molecular complexity index is 382. The van der Waals surface area contributed by atoms with Crippen molar-refractivity contribution in [3.8, 4) is 0 Å². The number of methoxy groups -OCH3 is 1. The van der Waals surface area contributed by atoms with Gasteiger partial charge in [0.25, 0.3) is 0 Å². The number of Topliss-reactive ketones (excluding diaryl/α,β-unsaturated/α-hetero) is 1. The van der Waals surface area contributed by atoms with E-state index in [9.17, 15) is 9.18 Å². The van der Waals surface area contributed by atoms with Gasteiger partial charge in [0.15, 0.2) is 5.78 Å². The molecule has 2 rings (SSSR count). The number of nitrogens with zero attached hydrogens (tertiary/aromatic N) is 1. The Hall–Kier alpha value is -1.29. The molecule has 0 radical (unpaired) electrons. The zero-order valence-electron chi connectivity index (χ0n) is 8.50. The van der Waals surface area contributed by atoms with Crippen LogP contribution in [-0.2, 0) is 4.74 Å². The number of aromatic nitrogens is 1. The molecule has 1 heterocycles. The second-order valence-electron chi connectivity index (χ2n) is 3.77. The fraction of sp³-hybridized carbons (Fsp3) is 0.455. The van der Waals surface area contributed by atoms with E-state index in [0.29, 0.717) is 12.8 Å². The minimum absolute atomic E-state index is 0.164. The first kappa shape index (κ1) is 10.2. The number of carbonyl (C=O) groups is 1. The molecule has 0 amide bonds. The molecule has 0 aromatic carbocycles. The van der Waals surface area contributed by atoms with Gasteiger partial charge in [0, 0.05) is 18.9 Å². The van der Waals surface area contributed by atoms with Crippen molar-refractivity contribution in [1.29, 1.82) is 0 Å². The summed E-state index contributed by atoms with van der Waals surface area (Å²) in [7, 11) is 1.52. The van der Waals surface area contributed by atoms with Gasteiger partial charge >= 0.3 is 0 Å². The highest BCUT2D eigenvalue weighted by Gasteiger charge is 2.44. The van der Waals surface area contributed by atoms with Crippen molar-refractivity contribution in [3.05, 3.63) is 29.8 Å². The van der Waals surface area contributed by atoms with Crippen LogP contribution < -0.4 is 0 Å². The average molecular weight is 209 g/mol. The molecule has 1 aromatic rings. The van der Waals surface area contributed by atoms with Gasteiger partial charge in [0.2, 0.25) is 0 Å². The maximum Gasteiger partial charge on any atom is 0.196 e. The number of hydrogen-bond donors (Lipinski definition) is 0. The molecule has 80 valence electrons. The van der Waals surface area contributed by atoms with Gasteiger partial charge in [0.05, 0.1) is 6.20 Å². The first-order chi connectivity index (χ1) is 7.18. The highest BCUT2D eigenvalue weighted by molar-refractivity contribution is 6.02. The van der Waals surface area contributed by atoms with Crippen LogP contribution in [0.15, 0.2) is 18.5 Å². The van der Waals surface area contributed by atoms with Crippen molar-refractivity contribution in [2.24, 2.45) is 0 Å². The van der Waals surface area contributed by atoms with E-state index in [0.717, 1.165) is 12.6 Å². The Labute approximate surface area is 87.3 Å². The quantitative estimate of drug-likeness (QED) is 0.714. The highest BCUT2D eigenvalue weighted by atomic mass is 19.1. The largest absolute Gasteiger partial charge is 0.370 e. The molecule has 1 aliphatic rings. The smallest absolute Gasteiger partial charge is 0.196 e. The van der Waals surface area contributed by atoms with Crippen LogP contribution in [-0.4, -0.2) is 23.5 Å². The molecular formula is C11H12FNO2. The number of ketones is 1. The summed E-state index contributed by atoms with van der Waals surface area (Å²) in [6.45, 7) is 0. The monoisotopic (exact) mass is 209 g/mol. The lowest BCUT2D eigenvalue weighted by molar-refractivity contribution is -0.0448. The summed E-state index contributed by atoms with van der Waals surface area (Å²) in [6, 6.07) is 1.20. The van der Waals surface area contributed by atoms with Crippen LogP contribution in [0.5, 0.6) is 0 Å². The molecule has 15 heavy (non-hydrogen) atoms. The molecule has 0 saturated heterocycles. The minimum Gasteiger partial charge on any atom is -0.370 e. The van der Waals surface area contributed by atoms with Crippen molar-refractivity contribution in [2.75, 3.05) is 7.11 Å². The molecule has 1 aliphatic carbocycles. The predicted octanol–water partition coefficient (Wildman–Crippen LogP) is 1.97. The lowest BCUT2D eigenvalue weighted by Gasteiger charge is -2.38. The van der Waals surface area contributed by atoms with Crippen molar-refractivity contribution >= 4 is 5.78 Å². The van der Waals surface area contributed by atoms with Crippen LogP contribution in [0.3, 0.4) is 0 Å². The number of pyridine rings is 1. The van der Waals surface area contributed by atoms with E-state index in [1.807, 2.05) is 0 Å². The van der Waals surface area contributed by atoms with Crippen molar-refractivity contribution in [1.82, 2.24) is 4.98 Å². The molecule has 1 aromatic heterocycles. The van der Waals surface area contributed by atoms with E-state index < -0.39 is 11.4 Å². The van der Waals surface area contributed by atoms with Gasteiger partial charge in [-0.25, -0.2) is 4.39 Å². The van der Waals surface area contributed by atoms with Crippen LogP contribution in [0.4, 0.5) is 4.39 Å². The lowest BCUT2D eigenvalue weighted by atomic mass is 9.75. The number of ether oxygens (including phenoxy) is 1. The third-order valence-corrected chi connectivity index (χ3v) is 2.93. The van der Waals surface area contributed by atoms with E-state index in [2.05, 4.69) is 4.98 Å². The van der Waals surface area contributed by atoms with E-state index >= 15 is 0 Å². The Balaban J connectivity index is 2.27. The van der Waals surface area contributed by atoms with Gasteiger partial charge in [-0.05, 0) is 25.3 Å². The third-order valence-electron chi connectivity index (χ3n) is 2.93. The van der Waals surface area contributed by atoms with E-state index in [1.165, 1.54) is 19.4 Å². The maximum absolute atomic E-state index is 12.9.